The molecular formula is C19H24N2O4. The summed E-state index contributed by atoms with van der Waals surface area (Å²) in [5.74, 6) is -0.861. The SMILES string of the molecule is CC(C)OCc1ccc(C(=O)OCC(=O)N[C@](C)(C#N)C2CC2)cc1. The van der Waals surface area contributed by atoms with Crippen molar-refractivity contribution in [1.29, 1.82) is 5.26 Å². The predicted octanol–water partition coefficient (Wildman–Crippen LogP) is 2.58. The topological polar surface area (TPSA) is 88.4 Å². The van der Waals surface area contributed by atoms with Crippen LogP contribution in [0.5, 0.6) is 0 Å². The Balaban J connectivity index is 1.81. The van der Waals surface area contributed by atoms with Crippen molar-refractivity contribution in [3.8, 4) is 6.07 Å². The minimum absolute atomic E-state index is 0.137. The van der Waals surface area contributed by atoms with Crippen LogP contribution < -0.4 is 5.32 Å². The van der Waals surface area contributed by atoms with Crippen LogP contribution in [-0.2, 0) is 20.9 Å². The molecule has 1 aliphatic rings. The Morgan fingerprint density at radius 1 is 1.32 bits per heavy atom. The molecule has 134 valence electrons. The molecule has 0 heterocycles. The highest BCUT2D eigenvalue weighted by Crippen LogP contribution is 2.39. The summed E-state index contributed by atoms with van der Waals surface area (Å²) in [5.41, 5.74) is 0.435. The van der Waals surface area contributed by atoms with Gasteiger partial charge < -0.3 is 14.8 Å². The first-order valence-corrected chi connectivity index (χ1v) is 8.44. The number of hydrogen-bond acceptors (Lipinski definition) is 5. The molecule has 0 aromatic heterocycles. The van der Waals surface area contributed by atoms with Crippen molar-refractivity contribution in [2.24, 2.45) is 5.92 Å². The van der Waals surface area contributed by atoms with Crippen LogP contribution in [0.15, 0.2) is 24.3 Å². The summed E-state index contributed by atoms with van der Waals surface area (Å²) in [6, 6.07) is 9.00. The molecule has 1 amide bonds. The molecule has 1 aromatic rings. The van der Waals surface area contributed by atoms with Crippen LogP contribution in [-0.4, -0.2) is 30.1 Å². The number of carbonyl (C=O) groups is 2. The zero-order chi connectivity index (χ0) is 18.4. The number of nitrogens with zero attached hydrogens (tertiary/aromatic N) is 1. The fraction of sp³-hybridized carbons (Fsp3) is 0.526. The number of ether oxygens (including phenoxy) is 2. The molecule has 0 aliphatic heterocycles. The van der Waals surface area contributed by atoms with Crippen molar-refractivity contribution < 1.29 is 19.1 Å². The van der Waals surface area contributed by atoms with E-state index in [1.54, 1.807) is 31.2 Å². The van der Waals surface area contributed by atoms with E-state index in [-0.39, 0.29) is 12.0 Å². The Kier molecular flexibility index (Phi) is 6.16. The average molecular weight is 344 g/mol. The Hall–Kier alpha value is -2.39. The van der Waals surface area contributed by atoms with Gasteiger partial charge in [-0.05, 0) is 57.2 Å². The highest BCUT2D eigenvalue weighted by atomic mass is 16.5. The average Bonchev–Trinajstić information content (AvgIpc) is 3.43. The molecule has 1 aromatic carbocycles. The smallest absolute Gasteiger partial charge is 0.338 e. The molecular weight excluding hydrogens is 320 g/mol. The predicted molar refractivity (Wildman–Crippen MR) is 91.5 cm³/mol. The largest absolute Gasteiger partial charge is 0.452 e. The van der Waals surface area contributed by atoms with Crippen LogP contribution in [0.4, 0.5) is 0 Å². The molecule has 0 spiro atoms. The summed E-state index contributed by atoms with van der Waals surface area (Å²) >= 11 is 0. The second kappa shape index (κ2) is 8.13. The number of benzene rings is 1. The van der Waals surface area contributed by atoms with E-state index < -0.39 is 24.0 Å². The van der Waals surface area contributed by atoms with Crippen molar-refractivity contribution in [3.05, 3.63) is 35.4 Å². The molecule has 0 radical (unpaired) electrons. The van der Waals surface area contributed by atoms with Gasteiger partial charge in [0.2, 0.25) is 0 Å². The van der Waals surface area contributed by atoms with Gasteiger partial charge in [0.05, 0.1) is 24.3 Å². The van der Waals surface area contributed by atoms with Gasteiger partial charge in [0, 0.05) is 0 Å². The second-order valence-corrected chi connectivity index (χ2v) is 6.77. The molecule has 1 aliphatic carbocycles. The number of amides is 1. The van der Waals surface area contributed by atoms with Crippen LogP contribution >= 0.6 is 0 Å². The lowest BCUT2D eigenvalue weighted by molar-refractivity contribution is -0.125. The number of esters is 1. The lowest BCUT2D eigenvalue weighted by Crippen LogP contribution is -2.48. The summed E-state index contributed by atoms with van der Waals surface area (Å²) in [7, 11) is 0. The Morgan fingerprint density at radius 2 is 1.96 bits per heavy atom. The van der Waals surface area contributed by atoms with Gasteiger partial charge >= 0.3 is 5.97 Å². The van der Waals surface area contributed by atoms with Crippen LogP contribution in [0.1, 0.15) is 49.5 Å². The monoisotopic (exact) mass is 344 g/mol. The maximum atomic E-state index is 12.0. The number of rotatable bonds is 8. The van der Waals surface area contributed by atoms with Crippen molar-refractivity contribution in [1.82, 2.24) is 5.32 Å². The van der Waals surface area contributed by atoms with E-state index in [1.807, 2.05) is 13.8 Å². The summed E-state index contributed by atoms with van der Waals surface area (Å²) in [4.78, 5) is 23.9. The Bertz CT molecular complexity index is 659. The van der Waals surface area contributed by atoms with E-state index in [2.05, 4.69) is 11.4 Å². The van der Waals surface area contributed by atoms with E-state index in [1.165, 1.54) is 0 Å². The van der Waals surface area contributed by atoms with Crippen molar-refractivity contribution in [3.63, 3.8) is 0 Å². The third-order valence-electron chi connectivity index (χ3n) is 4.13. The van der Waals surface area contributed by atoms with Gasteiger partial charge in [-0.15, -0.1) is 0 Å². The van der Waals surface area contributed by atoms with Gasteiger partial charge in [0.15, 0.2) is 6.61 Å². The molecule has 1 saturated carbocycles. The quantitative estimate of drug-likeness (QED) is 0.732. The summed E-state index contributed by atoms with van der Waals surface area (Å²) in [6.07, 6.45) is 1.99. The molecule has 1 N–H and O–H groups in total. The van der Waals surface area contributed by atoms with E-state index in [0.29, 0.717) is 12.2 Å². The van der Waals surface area contributed by atoms with Crippen molar-refractivity contribution in [2.75, 3.05) is 6.61 Å². The summed E-state index contributed by atoms with van der Waals surface area (Å²) in [5, 5.41) is 11.9. The number of hydrogen-bond donors (Lipinski definition) is 1. The Labute approximate surface area is 148 Å². The zero-order valence-corrected chi connectivity index (χ0v) is 14.9. The fourth-order valence-corrected chi connectivity index (χ4v) is 2.42. The molecule has 0 bridgehead atoms. The molecule has 1 fully saturated rings. The van der Waals surface area contributed by atoms with Crippen LogP contribution in [0.25, 0.3) is 0 Å². The zero-order valence-electron chi connectivity index (χ0n) is 14.9. The number of nitrogens with one attached hydrogen (secondary N) is 1. The first kappa shape index (κ1) is 18.9. The highest BCUT2D eigenvalue weighted by molar-refractivity contribution is 5.91. The van der Waals surface area contributed by atoms with E-state index in [9.17, 15) is 14.9 Å². The van der Waals surface area contributed by atoms with Gasteiger partial charge in [-0.3, -0.25) is 4.79 Å². The minimum Gasteiger partial charge on any atom is -0.452 e. The Morgan fingerprint density at radius 3 is 2.48 bits per heavy atom. The van der Waals surface area contributed by atoms with Crippen LogP contribution in [0, 0.1) is 17.2 Å². The molecule has 6 heteroatoms. The maximum absolute atomic E-state index is 12.0. The van der Waals surface area contributed by atoms with Gasteiger partial charge in [-0.25, -0.2) is 4.79 Å². The van der Waals surface area contributed by atoms with Gasteiger partial charge in [0.1, 0.15) is 5.54 Å². The fourth-order valence-electron chi connectivity index (χ4n) is 2.42. The molecule has 25 heavy (non-hydrogen) atoms. The summed E-state index contributed by atoms with van der Waals surface area (Å²) < 4.78 is 10.5. The van der Waals surface area contributed by atoms with E-state index in [4.69, 9.17) is 9.47 Å². The molecule has 0 saturated heterocycles. The molecule has 6 nitrogen and oxygen atoms in total. The highest BCUT2D eigenvalue weighted by Gasteiger charge is 2.43. The van der Waals surface area contributed by atoms with Gasteiger partial charge in [-0.1, -0.05) is 12.1 Å². The maximum Gasteiger partial charge on any atom is 0.338 e. The lowest BCUT2D eigenvalue weighted by Gasteiger charge is -2.22. The van der Waals surface area contributed by atoms with Crippen LogP contribution in [0.3, 0.4) is 0 Å². The van der Waals surface area contributed by atoms with Gasteiger partial charge in [-0.2, -0.15) is 5.26 Å². The third kappa shape index (κ3) is 5.57. The van der Waals surface area contributed by atoms with E-state index >= 15 is 0 Å². The normalized spacial score (nSPS) is 16.0. The first-order chi connectivity index (χ1) is 11.8. The summed E-state index contributed by atoms with van der Waals surface area (Å²) in [6.45, 7) is 5.68. The van der Waals surface area contributed by atoms with E-state index in [0.717, 1.165) is 18.4 Å². The number of nitriles is 1. The minimum atomic E-state index is -0.887. The third-order valence-corrected chi connectivity index (χ3v) is 4.13. The number of carbonyl (C=O) groups excluding carboxylic acids is 2. The van der Waals surface area contributed by atoms with Crippen molar-refractivity contribution in [2.45, 2.75) is 51.9 Å². The lowest BCUT2D eigenvalue weighted by atomic mass is 9.98. The molecule has 1 atom stereocenters. The van der Waals surface area contributed by atoms with Crippen molar-refractivity contribution >= 4 is 11.9 Å². The standard InChI is InChI=1S/C19H24N2O4/c1-13(2)24-10-14-4-6-15(7-5-14)18(23)25-11-17(22)21-19(3,12-20)16-8-9-16/h4-7,13,16H,8-11H2,1-3H3,(H,21,22)/t19-/m1/s1. The first-order valence-electron chi connectivity index (χ1n) is 8.44. The van der Waals surface area contributed by atoms with Gasteiger partial charge in [0.25, 0.3) is 5.91 Å². The molecule has 2 rings (SSSR count). The molecule has 0 unspecified atom stereocenters. The second-order valence-electron chi connectivity index (χ2n) is 6.77. The van der Waals surface area contributed by atoms with Crippen LogP contribution in [0.2, 0.25) is 0 Å².